The molecule has 200 valence electrons. The van der Waals surface area contributed by atoms with Crippen molar-refractivity contribution in [3.8, 4) is 0 Å². The Morgan fingerprint density at radius 3 is 2.52 bits per heavy atom. The van der Waals surface area contributed by atoms with Gasteiger partial charge in [0.25, 0.3) is 5.91 Å². The van der Waals surface area contributed by atoms with Crippen molar-refractivity contribution in [2.75, 3.05) is 7.05 Å². The second kappa shape index (κ2) is 13.1. The van der Waals surface area contributed by atoms with Crippen molar-refractivity contribution < 1.29 is 4.79 Å². The Morgan fingerprint density at radius 1 is 0.950 bits per heavy atom. The molecule has 1 atom stereocenters. The van der Waals surface area contributed by atoms with E-state index in [-0.39, 0.29) is 5.91 Å². The van der Waals surface area contributed by atoms with E-state index < -0.39 is 6.04 Å². The second-order valence-electron chi connectivity index (χ2n) is 9.51. The lowest BCUT2D eigenvalue weighted by Gasteiger charge is -2.21. The van der Waals surface area contributed by atoms with Gasteiger partial charge in [-0.2, -0.15) is 5.10 Å². The van der Waals surface area contributed by atoms with Gasteiger partial charge in [-0.05, 0) is 53.4 Å². The molecule has 8 heteroatoms. The minimum absolute atomic E-state index is 0.264. The van der Waals surface area contributed by atoms with Crippen molar-refractivity contribution >= 4 is 28.9 Å². The van der Waals surface area contributed by atoms with E-state index in [4.69, 9.17) is 0 Å². The molecule has 0 bridgehead atoms. The number of hydrogen-bond acceptors (Lipinski definition) is 5. The zero-order valence-electron chi connectivity index (χ0n) is 22.3. The van der Waals surface area contributed by atoms with Gasteiger partial charge >= 0.3 is 0 Å². The lowest BCUT2D eigenvalue weighted by atomic mass is 10.1. The van der Waals surface area contributed by atoms with E-state index in [1.165, 1.54) is 0 Å². The third-order valence-corrected chi connectivity index (χ3v) is 6.56. The maximum atomic E-state index is 13.0. The highest BCUT2D eigenvalue weighted by atomic mass is 16.1. The average molecular weight is 530 g/mol. The van der Waals surface area contributed by atoms with Gasteiger partial charge < -0.3 is 15.2 Å². The van der Waals surface area contributed by atoms with Crippen LogP contribution in [0.25, 0.3) is 10.9 Å². The van der Waals surface area contributed by atoms with Crippen LogP contribution in [-0.4, -0.2) is 50.9 Å². The van der Waals surface area contributed by atoms with Crippen LogP contribution in [-0.2, 0) is 19.4 Å². The van der Waals surface area contributed by atoms with Crippen molar-refractivity contribution in [1.82, 2.24) is 25.2 Å². The summed E-state index contributed by atoms with van der Waals surface area (Å²) in [5, 5.41) is 13.3. The normalized spacial score (nSPS) is 12.5. The summed E-state index contributed by atoms with van der Waals surface area (Å²) in [6.07, 6.45) is 10.0. The molecular formula is C32H31N7O. The summed E-state index contributed by atoms with van der Waals surface area (Å²) in [7, 11) is 2.00. The van der Waals surface area contributed by atoms with Crippen LogP contribution in [0.15, 0.2) is 120 Å². The first kappa shape index (κ1) is 26.5. The van der Waals surface area contributed by atoms with Crippen molar-refractivity contribution in [3.63, 3.8) is 0 Å². The fourth-order valence-electron chi connectivity index (χ4n) is 4.48. The molecule has 40 heavy (non-hydrogen) atoms. The number of para-hydroxylation sites is 1. The Labute approximate surface area is 233 Å². The molecule has 5 rings (SSSR count). The highest BCUT2D eigenvalue weighted by Crippen LogP contribution is 2.19. The Morgan fingerprint density at radius 2 is 1.73 bits per heavy atom. The lowest BCUT2D eigenvalue weighted by molar-refractivity contribution is 0.0942. The van der Waals surface area contributed by atoms with Gasteiger partial charge in [0.15, 0.2) is 0 Å². The minimum atomic E-state index is -0.402. The number of carbonyl (C=O) groups excluding carboxylic acids is 1. The molecule has 0 fully saturated rings. The largest absolute Gasteiger partial charge is 0.361 e. The van der Waals surface area contributed by atoms with Crippen LogP contribution in [0.3, 0.4) is 0 Å². The maximum Gasteiger partial charge on any atom is 0.270 e. The number of aromatic nitrogens is 3. The van der Waals surface area contributed by atoms with E-state index in [0.29, 0.717) is 25.1 Å². The molecule has 0 unspecified atom stereocenters. The molecule has 1 amide bonds. The van der Waals surface area contributed by atoms with Crippen LogP contribution >= 0.6 is 0 Å². The molecule has 0 spiro atoms. The van der Waals surface area contributed by atoms with Gasteiger partial charge in [-0.3, -0.25) is 14.8 Å². The molecule has 2 N–H and O–H groups in total. The smallest absolute Gasteiger partial charge is 0.270 e. The van der Waals surface area contributed by atoms with E-state index in [2.05, 4.69) is 53.6 Å². The highest BCUT2D eigenvalue weighted by molar-refractivity contribution is 5.94. The number of amides is 1. The molecule has 0 aliphatic heterocycles. The van der Waals surface area contributed by atoms with E-state index in [1.807, 2.05) is 61.8 Å². The molecule has 0 radical (unpaired) electrons. The monoisotopic (exact) mass is 529 g/mol. The highest BCUT2D eigenvalue weighted by Gasteiger charge is 2.16. The molecule has 2 aromatic carbocycles. The number of hydrogen-bond donors (Lipinski definition) is 2. The number of rotatable bonds is 10. The van der Waals surface area contributed by atoms with Gasteiger partial charge in [0.2, 0.25) is 0 Å². The van der Waals surface area contributed by atoms with Crippen molar-refractivity contribution in [2.45, 2.75) is 25.4 Å². The van der Waals surface area contributed by atoms with Crippen LogP contribution in [0.1, 0.15) is 27.2 Å². The number of likely N-dealkylation sites (N-methyl/N-ethyl adjacent to an activating group) is 1. The van der Waals surface area contributed by atoms with Crippen LogP contribution < -0.4 is 5.32 Å². The van der Waals surface area contributed by atoms with Crippen LogP contribution in [0.2, 0.25) is 0 Å². The first-order valence-electron chi connectivity index (χ1n) is 13.2. The molecule has 8 nitrogen and oxygen atoms in total. The number of fused-ring (bicyclic) bond motifs is 1. The molecule has 3 heterocycles. The maximum absolute atomic E-state index is 13.0. The number of nitrogens with zero attached hydrogens (tertiary/aromatic N) is 5. The summed E-state index contributed by atoms with van der Waals surface area (Å²) < 4.78 is 0. The van der Waals surface area contributed by atoms with E-state index in [9.17, 15) is 4.79 Å². The zero-order valence-corrected chi connectivity index (χ0v) is 22.3. The molecule has 3 aromatic heterocycles. The molecule has 5 aromatic rings. The van der Waals surface area contributed by atoms with Crippen molar-refractivity contribution in [3.05, 3.63) is 132 Å². The Kier molecular flexibility index (Phi) is 8.68. The van der Waals surface area contributed by atoms with Gasteiger partial charge in [0, 0.05) is 61.9 Å². The fraction of sp³-hybridized carbons (Fsp3) is 0.156. The second-order valence-corrected chi connectivity index (χ2v) is 9.51. The van der Waals surface area contributed by atoms with Crippen molar-refractivity contribution in [1.29, 1.82) is 0 Å². The number of aromatic amines is 1. The Bertz CT molecular complexity index is 1580. The van der Waals surface area contributed by atoms with Crippen LogP contribution in [0.4, 0.5) is 0 Å². The number of pyridine rings is 2. The molecule has 0 aliphatic rings. The van der Waals surface area contributed by atoms with Crippen molar-refractivity contribution in [2.24, 2.45) is 10.2 Å². The average Bonchev–Trinajstić information content (AvgIpc) is 3.40. The van der Waals surface area contributed by atoms with Crippen LogP contribution in [0.5, 0.6) is 0 Å². The lowest BCUT2D eigenvalue weighted by Crippen LogP contribution is -2.38. The fourth-order valence-corrected chi connectivity index (χ4v) is 4.48. The predicted molar refractivity (Wildman–Crippen MR) is 159 cm³/mol. The summed E-state index contributed by atoms with van der Waals surface area (Å²) in [6, 6.07) is 27.1. The number of amidine groups is 1. The third kappa shape index (κ3) is 7.05. The Hall–Kier alpha value is -5.11. The number of carbonyl (C=O) groups is 1. The Balaban J connectivity index is 1.40. The van der Waals surface area contributed by atoms with Gasteiger partial charge in [-0.15, -0.1) is 5.10 Å². The SMILES string of the molecule is CN(Cc1ccncc1)/C(Cc1ccccc1)=N\N=C\[C@@H](Cc1c[nH]c2ccccc12)NC(=O)c1ccccn1. The standard InChI is InChI=1S/C32H31N7O/c1-39(23-25-14-17-33-18-15-25)31(19-24-9-3-2-4-10-24)38-36-22-27(37-32(40)30-13-7-8-16-34-30)20-26-21-35-29-12-6-5-11-28(26)29/h2-18,21-22,27,35H,19-20,23H2,1H3,(H,37,40)/b36-22+,38-31-/t27-/m1/s1. The number of H-pyrrole nitrogens is 1. The predicted octanol–water partition coefficient (Wildman–Crippen LogP) is 5.06. The molecule has 0 aliphatic carbocycles. The summed E-state index contributed by atoms with van der Waals surface area (Å²) in [6.45, 7) is 0.666. The summed E-state index contributed by atoms with van der Waals surface area (Å²) in [5.74, 6) is 0.543. The zero-order chi connectivity index (χ0) is 27.6. The molecular weight excluding hydrogens is 498 g/mol. The first-order chi connectivity index (χ1) is 19.7. The van der Waals surface area contributed by atoms with Gasteiger partial charge in [-0.1, -0.05) is 54.6 Å². The van der Waals surface area contributed by atoms with E-state index in [1.54, 1.807) is 43.0 Å². The van der Waals surface area contributed by atoms with Gasteiger partial charge in [0.1, 0.15) is 11.5 Å². The summed E-state index contributed by atoms with van der Waals surface area (Å²) in [5.41, 5.74) is 4.74. The van der Waals surface area contributed by atoms with Gasteiger partial charge in [0.05, 0.1) is 6.04 Å². The number of benzene rings is 2. The minimum Gasteiger partial charge on any atom is -0.361 e. The van der Waals surface area contributed by atoms with E-state index >= 15 is 0 Å². The summed E-state index contributed by atoms with van der Waals surface area (Å²) in [4.78, 5) is 26.7. The molecule has 0 saturated carbocycles. The number of nitrogens with one attached hydrogen (secondary N) is 2. The third-order valence-electron chi connectivity index (χ3n) is 6.56. The van der Waals surface area contributed by atoms with Gasteiger partial charge in [-0.25, -0.2) is 0 Å². The molecule has 0 saturated heterocycles. The first-order valence-corrected chi connectivity index (χ1v) is 13.2. The topological polar surface area (TPSA) is 98.6 Å². The van der Waals surface area contributed by atoms with E-state index in [0.717, 1.165) is 33.4 Å². The van der Waals surface area contributed by atoms with Crippen LogP contribution in [0, 0.1) is 0 Å². The quantitative estimate of drug-likeness (QED) is 0.150. The summed E-state index contributed by atoms with van der Waals surface area (Å²) >= 11 is 0.